The molecule has 0 aromatic carbocycles. The number of aromatic nitrogens is 7. The zero-order chi connectivity index (χ0) is 20.0. The number of rotatable bonds is 5. The lowest BCUT2D eigenvalue weighted by Crippen LogP contribution is -2.07. The van der Waals surface area contributed by atoms with E-state index in [4.69, 9.17) is 15.1 Å². The zero-order valence-corrected chi connectivity index (χ0v) is 18.0. The van der Waals surface area contributed by atoms with Gasteiger partial charge < -0.3 is 0 Å². The summed E-state index contributed by atoms with van der Waals surface area (Å²) in [7, 11) is 1.88. The van der Waals surface area contributed by atoms with E-state index in [0.29, 0.717) is 5.92 Å². The Bertz CT molecular complexity index is 1150. The van der Waals surface area contributed by atoms with Crippen molar-refractivity contribution in [2.24, 2.45) is 7.05 Å². The summed E-state index contributed by atoms with van der Waals surface area (Å²) in [5, 5.41) is 9.91. The summed E-state index contributed by atoms with van der Waals surface area (Å²) in [5.74, 6) is 1.24. The van der Waals surface area contributed by atoms with Crippen molar-refractivity contribution in [1.82, 2.24) is 34.3 Å². The molecule has 0 radical (unpaired) electrons. The Balaban J connectivity index is 1.94. The fourth-order valence-corrected chi connectivity index (χ4v) is 4.94. The van der Waals surface area contributed by atoms with Crippen LogP contribution in [0.3, 0.4) is 0 Å². The highest BCUT2D eigenvalue weighted by molar-refractivity contribution is 7.18. The lowest BCUT2D eigenvalue weighted by molar-refractivity contribution is 0.598. The second-order valence-electron chi connectivity index (χ2n) is 7.17. The van der Waals surface area contributed by atoms with Gasteiger partial charge in [0, 0.05) is 24.4 Å². The molecule has 7 nitrogen and oxygen atoms in total. The van der Waals surface area contributed by atoms with Gasteiger partial charge in [-0.05, 0) is 39.7 Å². The second-order valence-corrected chi connectivity index (χ2v) is 8.17. The topological polar surface area (TPSA) is 73.8 Å². The minimum Gasteiger partial charge on any atom is -0.247 e. The Morgan fingerprint density at radius 3 is 2.46 bits per heavy atom. The molecule has 4 heterocycles. The van der Waals surface area contributed by atoms with Crippen molar-refractivity contribution in [3.05, 3.63) is 35.2 Å². The number of hydrogen-bond acceptors (Lipinski definition) is 6. The summed E-state index contributed by atoms with van der Waals surface area (Å²) in [6.07, 6.45) is 3.72. The molecule has 4 aromatic heterocycles. The van der Waals surface area contributed by atoms with Gasteiger partial charge in [-0.15, -0.1) is 11.3 Å². The normalized spacial score (nSPS) is 11.8. The van der Waals surface area contributed by atoms with E-state index in [1.54, 1.807) is 22.3 Å². The second kappa shape index (κ2) is 7.09. The summed E-state index contributed by atoms with van der Waals surface area (Å²) >= 11 is 1.62. The molecule has 0 spiro atoms. The molecular formula is C20H25N7S. The Kier molecular flexibility index (Phi) is 4.74. The number of nitrogens with zero attached hydrogens (tertiary/aromatic N) is 7. The van der Waals surface area contributed by atoms with E-state index in [1.165, 1.54) is 5.69 Å². The Morgan fingerprint density at radius 2 is 1.82 bits per heavy atom. The van der Waals surface area contributed by atoms with Crippen molar-refractivity contribution in [3.8, 4) is 21.3 Å². The molecule has 4 rings (SSSR count). The van der Waals surface area contributed by atoms with E-state index in [1.807, 2.05) is 18.5 Å². The van der Waals surface area contributed by atoms with Crippen LogP contribution in [-0.2, 0) is 7.05 Å². The molecule has 28 heavy (non-hydrogen) atoms. The van der Waals surface area contributed by atoms with Crippen LogP contribution in [0.15, 0.2) is 12.4 Å². The molecule has 0 bridgehead atoms. The third kappa shape index (κ3) is 2.92. The molecule has 0 fully saturated rings. The van der Waals surface area contributed by atoms with Gasteiger partial charge in [0.05, 0.1) is 21.8 Å². The van der Waals surface area contributed by atoms with Crippen molar-refractivity contribution < 1.29 is 0 Å². The van der Waals surface area contributed by atoms with Crippen LogP contribution < -0.4 is 0 Å². The monoisotopic (exact) mass is 395 g/mol. The van der Waals surface area contributed by atoms with Crippen molar-refractivity contribution in [3.63, 3.8) is 0 Å². The van der Waals surface area contributed by atoms with Crippen LogP contribution in [0, 0.1) is 20.8 Å². The van der Waals surface area contributed by atoms with Gasteiger partial charge in [-0.25, -0.2) is 24.1 Å². The first-order valence-electron chi connectivity index (χ1n) is 9.63. The van der Waals surface area contributed by atoms with Crippen LogP contribution in [0.5, 0.6) is 0 Å². The quantitative estimate of drug-likeness (QED) is 0.498. The van der Waals surface area contributed by atoms with E-state index >= 15 is 0 Å². The third-order valence-corrected chi connectivity index (χ3v) is 6.42. The molecule has 0 amide bonds. The highest BCUT2D eigenvalue weighted by atomic mass is 32.1. The molecule has 4 aromatic rings. The Labute approximate surface area is 168 Å². The van der Waals surface area contributed by atoms with Gasteiger partial charge in [0.15, 0.2) is 16.5 Å². The number of aryl methyl sites for hydroxylation is 4. The summed E-state index contributed by atoms with van der Waals surface area (Å²) in [6.45, 7) is 10.6. The van der Waals surface area contributed by atoms with Crippen molar-refractivity contribution in [1.29, 1.82) is 0 Å². The van der Waals surface area contributed by atoms with E-state index in [-0.39, 0.29) is 0 Å². The number of thiazole rings is 1. The van der Waals surface area contributed by atoms with Crippen molar-refractivity contribution in [2.45, 2.75) is 53.4 Å². The van der Waals surface area contributed by atoms with Crippen molar-refractivity contribution >= 4 is 17.0 Å². The van der Waals surface area contributed by atoms with Crippen LogP contribution >= 0.6 is 11.3 Å². The lowest BCUT2D eigenvalue weighted by atomic mass is 9.98. The van der Waals surface area contributed by atoms with E-state index in [0.717, 1.165) is 56.8 Å². The fraction of sp³-hybridized carbons (Fsp3) is 0.450. The SMILES string of the molecule is CCC(CC)c1cc(C)nc2c(-c3sc(-c4ncnn4C)nc3C)c(C)nn12. The highest BCUT2D eigenvalue weighted by Crippen LogP contribution is 2.38. The minimum atomic E-state index is 0.466. The van der Waals surface area contributed by atoms with Gasteiger partial charge in [0.2, 0.25) is 0 Å². The van der Waals surface area contributed by atoms with Crippen LogP contribution in [0.2, 0.25) is 0 Å². The van der Waals surface area contributed by atoms with E-state index < -0.39 is 0 Å². The molecule has 0 N–H and O–H groups in total. The predicted octanol–water partition coefficient (Wildman–Crippen LogP) is 4.48. The molecule has 0 saturated carbocycles. The van der Waals surface area contributed by atoms with Crippen LogP contribution in [0.4, 0.5) is 0 Å². The maximum atomic E-state index is 4.88. The molecule has 146 valence electrons. The summed E-state index contributed by atoms with van der Waals surface area (Å²) in [5.41, 5.74) is 6.17. The smallest absolute Gasteiger partial charge is 0.187 e. The summed E-state index contributed by atoms with van der Waals surface area (Å²) < 4.78 is 3.79. The Morgan fingerprint density at radius 1 is 1.07 bits per heavy atom. The first-order chi connectivity index (χ1) is 13.4. The van der Waals surface area contributed by atoms with Gasteiger partial charge in [-0.3, -0.25) is 0 Å². The van der Waals surface area contributed by atoms with E-state index in [2.05, 4.69) is 43.8 Å². The molecule has 8 heteroatoms. The van der Waals surface area contributed by atoms with Crippen LogP contribution in [0.1, 0.15) is 55.4 Å². The van der Waals surface area contributed by atoms with Crippen LogP contribution in [-0.4, -0.2) is 34.3 Å². The van der Waals surface area contributed by atoms with Crippen molar-refractivity contribution in [2.75, 3.05) is 0 Å². The first kappa shape index (κ1) is 18.7. The standard InChI is InChI=1S/C20H25N7S/c1-7-14(8-2)15-9-11(3)23-18-16(12(4)25-27(15)18)17-13(5)24-20(28-17)19-21-10-22-26(19)6/h9-10,14H,7-8H2,1-6H3. The molecule has 0 aliphatic rings. The maximum Gasteiger partial charge on any atom is 0.187 e. The highest BCUT2D eigenvalue weighted by Gasteiger charge is 2.23. The minimum absolute atomic E-state index is 0.466. The fourth-order valence-electron chi connectivity index (χ4n) is 3.75. The molecule has 0 aliphatic carbocycles. The number of hydrogen-bond donors (Lipinski definition) is 0. The predicted molar refractivity (Wildman–Crippen MR) is 112 cm³/mol. The average Bonchev–Trinajstić information content (AvgIpc) is 3.32. The lowest BCUT2D eigenvalue weighted by Gasteiger charge is -2.15. The molecular weight excluding hydrogens is 370 g/mol. The number of fused-ring (bicyclic) bond motifs is 1. The average molecular weight is 396 g/mol. The molecule has 0 unspecified atom stereocenters. The summed E-state index contributed by atoms with van der Waals surface area (Å²) in [6, 6.07) is 2.17. The zero-order valence-electron chi connectivity index (χ0n) is 17.2. The first-order valence-corrected chi connectivity index (χ1v) is 10.4. The Hall–Kier alpha value is -2.61. The molecule has 0 aliphatic heterocycles. The maximum absolute atomic E-state index is 4.88. The van der Waals surface area contributed by atoms with Gasteiger partial charge in [-0.1, -0.05) is 13.8 Å². The van der Waals surface area contributed by atoms with Gasteiger partial charge in [0.25, 0.3) is 0 Å². The van der Waals surface area contributed by atoms with E-state index in [9.17, 15) is 0 Å². The summed E-state index contributed by atoms with van der Waals surface area (Å²) in [4.78, 5) is 15.1. The van der Waals surface area contributed by atoms with Gasteiger partial charge >= 0.3 is 0 Å². The third-order valence-electron chi connectivity index (χ3n) is 5.25. The van der Waals surface area contributed by atoms with Gasteiger partial charge in [-0.2, -0.15) is 10.2 Å². The molecule has 0 atom stereocenters. The van der Waals surface area contributed by atoms with Crippen LogP contribution in [0.25, 0.3) is 26.9 Å². The van der Waals surface area contributed by atoms with Gasteiger partial charge in [0.1, 0.15) is 6.33 Å². The molecule has 0 saturated heterocycles. The largest absolute Gasteiger partial charge is 0.247 e.